The van der Waals surface area contributed by atoms with Crippen LogP contribution >= 0.6 is 11.3 Å². The predicted molar refractivity (Wildman–Crippen MR) is 95.9 cm³/mol. The lowest BCUT2D eigenvalue weighted by Crippen LogP contribution is -2.25. The Hall–Kier alpha value is -3.44. The Balaban J connectivity index is 1.94. The van der Waals surface area contributed by atoms with Gasteiger partial charge in [0.1, 0.15) is 29.6 Å². The van der Waals surface area contributed by atoms with Gasteiger partial charge in [0.05, 0.1) is 5.69 Å². The number of carbonyl (C=O) groups excluding carboxylic acids is 1. The van der Waals surface area contributed by atoms with Crippen molar-refractivity contribution in [1.82, 2.24) is 15.0 Å². The van der Waals surface area contributed by atoms with Gasteiger partial charge in [-0.1, -0.05) is 6.08 Å². The van der Waals surface area contributed by atoms with Crippen LogP contribution in [0.2, 0.25) is 0 Å². The van der Waals surface area contributed by atoms with Gasteiger partial charge in [-0.05, 0) is 31.2 Å². The molecule has 128 valence electrons. The molecular weight excluding hydrogens is 353 g/mol. The molecule has 0 saturated carbocycles. The first-order valence-electron chi connectivity index (χ1n) is 7.52. The summed E-state index contributed by atoms with van der Waals surface area (Å²) in [6.07, 6.45) is 4.59. The Morgan fingerprint density at radius 2 is 2.04 bits per heavy atom. The number of aromatic nitrogens is 3. The van der Waals surface area contributed by atoms with Crippen LogP contribution in [0.4, 0.5) is 9.52 Å². The maximum Gasteiger partial charge on any atom is 0.264 e. The molecule has 0 aliphatic heterocycles. The first kappa shape index (κ1) is 17.4. The third-order valence-corrected chi connectivity index (χ3v) is 4.19. The van der Waals surface area contributed by atoms with E-state index >= 15 is 0 Å². The summed E-state index contributed by atoms with van der Waals surface area (Å²) in [6, 6.07) is 8.79. The van der Waals surface area contributed by atoms with E-state index in [1.54, 1.807) is 24.6 Å². The summed E-state index contributed by atoms with van der Waals surface area (Å²) in [7, 11) is 0. The molecule has 0 saturated heterocycles. The number of carbonyl (C=O) groups is 1. The van der Waals surface area contributed by atoms with Crippen LogP contribution in [0.5, 0.6) is 0 Å². The maximum atomic E-state index is 13.1. The van der Waals surface area contributed by atoms with E-state index in [0.717, 1.165) is 0 Å². The van der Waals surface area contributed by atoms with Crippen LogP contribution < -0.4 is 4.90 Å². The van der Waals surface area contributed by atoms with Crippen molar-refractivity contribution in [2.75, 3.05) is 4.90 Å². The summed E-state index contributed by atoms with van der Waals surface area (Å²) >= 11 is 1.26. The maximum absolute atomic E-state index is 13.1. The molecule has 1 aromatic carbocycles. The van der Waals surface area contributed by atoms with E-state index < -0.39 is 5.82 Å². The minimum absolute atomic E-state index is 0.234. The number of hydrogen-bond acceptors (Lipinski definition) is 6. The van der Waals surface area contributed by atoms with Crippen LogP contribution in [-0.4, -0.2) is 20.9 Å². The molecule has 0 fully saturated rings. The van der Waals surface area contributed by atoms with Gasteiger partial charge in [0.15, 0.2) is 5.13 Å². The molecule has 3 rings (SSSR count). The van der Waals surface area contributed by atoms with Gasteiger partial charge in [-0.25, -0.2) is 19.3 Å². The number of amides is 1. The highest BCUT2D eigenvalue weighted by Gasteiger charge is 2.19. The number of benzene rings is 1. The van der Waals surface area contributed by atoms with Gasteiger partial charge in [0.2, 0.25) is 0 Å². The number of halogens is 1. The molecule has 6 nitrogen and oxygen atoms in total. The Bertz CT molecular complexity index is 1010. The predicted octanol–water partition coefficient (Wildman–Crippen LogP) is 3.79. The minimum Gasteiger partial charge on any atom is -0.268 e. The van der Waals surface area contributed by atoms with Crippen molar-refractivity contribution in [2.24, 2.45) is 0 Å². The van der Waals surface area contributed by atoms with E-state index in [2.05, 4.69) is 15.0 Å². The van der Waals surface area contributed by atoms with Gasteiger partial charge < -0.3 is 0 Å². The molecule has 26 heavy (non-hydrogen) atoms. The van der Waals surface area contributed by atoms with Crippen molar-refractivity contribution in [2.45, 2.75) is 6.92 Å². The number of rotatable bonds is 4. The first-order valence-corrected chi connectivity index (χ1v) is 8.40. The highest BCUT2D eigenvalue weighted by Crippen LogP contribution is 2.28. The summed E-state index contributed by atoms with van der Waals surface area (Å²) in [5.41, 5.74) is 1.60. The highest BCUT2D eigenvalue weighted by atomic mass is 32.1. The molecule has 0 N–H and O–H groups in total. The molecule has 0 spiro atoms. The van der Waals surface area contributed by atoms with Crippen LogP contribution in [0.15, 0.2) is 54.3 Å². The van der Waals surface area contributed by atoms with Crippen molar-refractivity contribution < 1.29 is 9.18 Å². The van der Waals surface area contributed by atoms with Gasteiger partial charge in [-0.2, -0.15) is 5.26 Å². The summed E-state index contributed by atoms with van der Waals surface area (Å²) in [5, 5.41) is 11.1. The van der Waals surface area contributed by atoms with Gasteiger partial charge in [0.25, 0.3) is 5.91 Å². The molecule has 2 heterocycles. The third-order valence-electron chi connectivity index (χ3n) is 3.35. The molecular formula is C18H12FN5OS. The second-order valence-electron chi connectivity index (χ2n) is 5.08. The summed E-state index contributed by atoms with van der Waals surface area (Å²) in [6.45, 7) is 1.78. The molecule has 0 unspecified atom stereocenters. The molecule has 0 bridgehead atoms. The van der Waals surface area contributed by atoms with E-state index in [4.69, 9.17) is 5.26 Å². The molecule has 0 atom stereocenters. The zero-order chi connectivity index (χ0) is 18.5. The third kappa shape index (κ3) is 3.63. The van der Waals surface area contributed by atoms with Crippen molar-refractivity contribution in [3.05, 3.63) is 71.4 Å². The van der Waals surface area contributed by atoms with Crippen LogP contribution in [0, 0.1) is 17.1 Å². The lowest BCUT2D eigenvalue weighted by Gasteiger charge is -2.15. The Morgan fingerprint density at radius 3 is 2.73 bits per heavy atom. The van der Waals surface area contributed by atoms with Crippen molar-refractivity contribution in [1.29, 1.82) is 5.26 Å². The van der Waals surface area contributed by atoms with Crippen LogP contribution in [-0.2, 0) is 0 Å². The van der Waals surface area contributed by atoms with Crippen molar-refractivity contribution >= 4 is 22.4 Å². The molecule has 3 aromatic rings. The Labute approximate surface area is 152 Å². The van der Waals surface area contributed by atoms with Gasteiger partial charge in [0, 0.05) is 23.2 Å². The normalized spacial score (nSPS) is 10.7. The SMILES string of the molecule is C/C=C/N(C(=O)c1ccc(F)cc1)c1nc(-c2cc(C#N)ncn2)cs1. The first-order chi connectivity index (χ1) is 12.6. The van der Waals surface area contributed by atoms with Crippen molar-refractivity contribution in [3.8, 4) is 17.5 Å². The van der Waals surface area contributed by atoms with E-state index in [1.165, 1.54) is 52.9 Å². The Morgan fingerprint density at radius 1 is 1.27 bits per heavy atom. The monoisotopic (exact) mass is 365 g/mol. The molecule has 0 radical (unpaired) electrons. The molecule has 1 amide bonds. The van der Waals surface area contributed by atoms with E-state index in [-0.39, 0.29) is 11.6 Å². The zero-order valence-electron chi connectivity index (χ0n) is 13.6. The molecule has 0 aliphatic rings. The van der Waals surface area contributed by atoms with Gasteiger partial charge >= 0.3 is 0 Å². The number of nitriles is 1. The zero-order valence-corrected chi connectivity index (χ0v) is 14.4. The average molecular weight is 365 g/mol. The highest BCUT2D eigenvalue weighted by molar-refractivity contribution is 7.14. The average Bonchev–Trinajstić information content (AvgIpc) is 3.16. The van der Waals surface area contributed by atoms with E-state index in [9.17, 15) is 9.18 Å². The van der Waals surface area contributed by atoms with Gasteiger partial charge in [-0.15, -0.1) is 11.3 Å². The number of hydrogen-bond donors (Lipinski definition) is 0. The fourth-order valence-corrected chi connectivity index (χ4v) is 2.95. The fourth-order valence-electron chi connectivity index (χ4n) is 2.15. The number of anilines is 1. The minimum atomic E-state index is -0.410. The molecule has 2 aromatic heterocycles. The summed E-state index contributed by atoms with van der Waals surface area (Å²) < 4.78 is 13.1. The lowest BCUT2D eigenvalue weighted by molar-refractivity contribution is 0.0997. The van der Waals surface area contributed by atoms with E-state index in [0.29, 0.717) is 22.1 Å². The van der Waals surface area contributed by atoms with Crippen LogP contribution in [0.25, 0.3) is 11.4 Å². The van der Waals surface area contributed by atoms with Crippen LogP contribution in [0.1, 0.15) is 23.0 Å². The second-order valence-corrected chi connectivity index (χ2v) is 5.92. The smallest absolute Gasteiger partial charge is 0.264 e. The topological polar surface area (TPSA) is 82.8 Å². The number of allylic oxidation sites excluding steroid dienone is 1. The standard InChI is InChI=1S/C18H12FN5OS/c1-2-7-24(17(25)12-3-5-13(19)6-4-12)18-23-16(10-26-18)15-8-14(9-20)21-11-22-15/h2-8,10-11H,1H3/b7-2+. The van der Waals surface area contributed by atoms with Crippen LogP contribution in [0.3, 0.4) is 0 Å². The fraction of sp³-hybridized carbons (Fsp3) is 0.0556. The number of nitrogens with zero attached hydrogens (tertiary/aromatic N) is 5. The number of thiazole rings is 1. The summed E-state index contributed by atoms with van der Waals surface area (Å²) in [4.78, 5) is 26.5. The van der Waals surface area contributed by atoms with Crippen molar-refractivity contribution in [3.63, 3.8) is 0 Å². The lowest BCUT2D eigenvalue weighted by atomic mass is 10.2. The molecule has 0 aliphatic carbocycles. The largest absolute Gasteiger partial charge is 0.268 e. The van der Waals surface area contributed by atoms with Gasteiger partial charge in [-0.3, -0.25) is 9.69 Å². The Kier molecular flexibility index (Phi) is 5.10. The molecule has 8 heteroatoms. The summed E-state index contributed by atoms with van der Waals surface area (Å²) in [5.74, 6) is -0.739. The van der Waals surface area contributed by atoms with E-state index in [1.807, 2.05) is 6.07 Å². The quantitative estimate of drug-likeness (QED) is 0.702. The second kappa shape index (κ2) is 7.63.